The molecule has 32 heavy (non-hydrogen) atoms. The van der Waals surface area contributed by atoms with Gasteiger partial charge in [-0.1, -0.05) is 6.07 Å². The van der Waals surface area contributed by atoms with Gasteiger partial charge in [0.2, 0.25) is 16.0 Å². The summed E-state index contributed by atoms with van der Waals surface area (Å²) >= 11 is 0. The van der Waals surface area contributed by atoms with Gasteiger partial charge >= 0.3 is 0 Å². The van der Waals surface area contributed by atoms with Crippen LogP contribution in [0.1, 0.15) is 22.4 Å². The lowest BCUT2D eigenvalue weighted by Gasteiger charge is -2.13. The molecule has 1 heterocycles. The summed E-state index contributed by atoms with van der Waals surface area (Å²) in [5, 5.41) is 6.31. The van der Waals surface area contributed by atoms with E-state index in [4.69, 9.17) is 4.74 Å². The fourth-order valence-corrected chi connectivity index (χ4v) is 4.54. The Morgan fingerprint density at radius 3 is 2.25 bits per heavy atom. The molecule has 2 aromatic carbocycles. The Morgan fingerprint density at radius 1 is 0.875 bits per heavy atom. The molecule has 3 rings (SSSR count). The van der Waals surface area contributed by atoms with E-state index < -0.39 is 10.0 Å². The molecule has 0 saturated carbocycles. The summed E-state index contributed by atoms with van der Waals surface area (Å²) in [6, 6.07) is 12.9. The van der Waals surface area contributed by atoms with Crippen LogP contribution in [0.15, 0.2) is 47.4 Å². The Kier molecular flexibility index (Phi) is 7.32. The molecule has 1 aromatic heterocycles. The van der Waals surface area contributed by atoms with Gasteiger partial charge in [0.15, 0.2) is 0 Å². The molecule has 9 heteroatoms. The van der Waals surface area contributed by atoms with Crippen molar-refractivity contribution in [1.29, 1.82) is 0 Å². The molecular weight excluding hydrogens is 426 g/mol. The van der Waals surface area contributed by atoms with E-state index in [9.17, 15) is 8.42 Å². The maximum Gasteiger partial charge on any atom is 0.240 e. The van der Waals surface area contributed by atoms with Crippen LogP contribution in [0.4, 0.5) is 17.5 Å². The van der Waals surface area contributed by atoms with Crippen LogP contribution in [0.25, 0.3) is 0 Å². The minimum Gasteiger partial charge on any atom is -0.497 e. The van der Waals surface area contributed by atoms with Crippen molar-refractivity contribution < 1.29 is 13.2 Å². The summed E-state index contributed by atoms with van der Waals surface area (Å²) in [6.45, 7) is 8.09. The van der Waals surface area contributed by atoms with Gasteiger partial charge in [0.25, 0.3) is 0 Å². The molecule has 3 aromatic rings. The molecule has 170 valence electrons. The zero-order valence-electron chi connectivity index (χ0n) is 19.0. The summed E-state index contributed by atoms with van der Waals surface area (Å²) in [5.74, 6) is 1.83. The van der Waals surface area contributed by atoms with Gasteiger partial charge in [0.1, 0.15) is 11.6 Å². The average Bonchev–Trinajstić information content (AvgIpc) is 2.74. The van der Waals surface area contributed by atoms with E-state index in [-0.39, 0.29) is 6.54 Å². The number of nitrogens with zero attached hydrogens (tertiary/aromatic N) is 2. The quantitative estimate of drug-likeness (QED) is 0.421. The molecule has 0 radical (unpaired) electrons. The fraction of sp³-hybridized carbons (Fsp3) is 0.304. The molecule has 0 aliphatic carbocycles. The minimum absolute atomic E-state index is 0.202. The van der Waals surface area contributed by atoms with Crippen LogP contribution < -0.4 is 20.1 Å². The van der Waals surface area contributed by atoms with Crippen LogP contribution >= 0.6 is 0 Å². The van der Waals surface area contributed by atoms with Gasteiger partial charge in [-0.25, -0.2) is 18.1 Å². The Labute approximate surface area is 189 Å². The van der Waals surface area contributed by atoms with Crippen LogP contribution in [0.2, 0.25) is 0 Å². The molecule has 3 N–H and O–H groups in total. The van der Waals surface area contributed by atoms with Gasteiger partial charge in [-0.05, 0) is 74.7 Å². The number of anilines is 3. The molecule has 0 aliphatic rings. The second kappa shape index (κ2) is 9.97. The number of rotatable bonds is 9. The van der Waals surface area contributed by atoms with Crippen LogP contribution in [0.3, 0.4) is 0 Å². The van der Waals surface area contributed by atoms with Crippen molar-refractivity contribution >= 4 is 27.5 Å². The topological polar surface area (TPSA) is 105 Å². The molecule has 0 saturated heterocycles. The first-order valence-corrected chi connectivity index (χ1v) is 11.7. The maximum absolute atomic E-state index is 12.7. The molecule has 0 unspecified atom stereocenters. The number of hydrogen-bond donors (Lipinski definition) is 3. The predicted octanol–water partition coefficient (Wildman–Crippen LogP) is 3.85. The standard InChI is InChI=1S/C23H29N5O3S/c1-15-12-17(3)21(13-16(15)2)32(29,30)25-11-10-24-23-26-18(4)14-22(28-23)27-19-6-8-20(31-5)9-7-19/h6-9,12-14,25H,10-11H2,1-5H3,(H2,24,26,27,28). The van der Waals surface area contributed by atoms with E-state index in [2.05, 4.69) is 25.3 Å². The van der Waals surface area contributed by atoms with Crippen LogP contribution in [-0.4, -0.2) is 38.6 Å². The summed E-state index contributed by atoms with van der Waals surface area (Å²) in [6.07, 6.45) is 0. The average molecular weight is 456 g/mol. The lowest BCUT2D eigenvalue weighted by molar-refractivity contribution is 0.415. The van der Waals surface area contributed by atoms with Crippen molar-refractivity contribution in [2.45, 2.75) is 32.6 Å². The van der Waals surface area contributed by atoms with E-state index in [1.54, 1.807) is 20.1 Å². The first kappa shape index (κ1) is 23.5. The number of aryl methyl sites for hydroxylation is 4. The first-order valence-electron chi connectivity index (χ1n) is 10.3. The Balaban J connectivity index is 1.60. The monoisotopic (exact) mass is 455 g/mol. The van der Waals surface area contributed by atoms with Gasteiger partial charge in [0, 0.05) is 30.5 Å². The Hall–Kier alpha value is -3.17. The van der Waals surface area contributed by atoms with Gasteiger partial charge < -0.3 is 15.4 Å². The highest BCUT2D eigenvalue weighted by Gasteiger charge is 2.17. The molecule has 0 spiro atoms. The third-order valence-corrected chi connectivity index (χ3v) is 6.60. The SMILES string of the molecule is COc1ccc(Nc2cc(C)nc(NCCNS(=O)(=O)c3cc(C)c(C)cc3C)n2)cc1. The Morgan fingerprint density at radius 2 is 1.56 bits per heavy atom. The number of ether oxygens (including phenoxy) is 1. The van der Waals surface area contributed by atoms with Gasteiger partial charge in [0.05, 0.1) is 12.0 Å². The van der Waals surface area contributed by atoms with Gasteiger partial charge in [-0.15, -0.1) is 0 Å². The van der Waals surface area contributed by atoms with Gasteiger partial charge in [-0.2, -0.15) is 4.98 Å². The molecule has 0 bridgehead atoms. The highest BCUT2D eigenvalue weighted by Crippen LogP contribution is 2.21. The maximum atomic E-state index is 12.7. The largest absolute Gasteiger partial charge is 0.497 e. The van der Waals surface area contributed by atoms with E-state index in [0.29, 0.717) is 23.2 Å². The van der Waals surface area contributed by atoms with Crippen molar-refractivity contribution in [3.63, 3.8) is 0 Å². The van der Waals surface area contributed by atoms with Crippen molar-refractivity contribution in [3.05, 3.63) is 64.8 Å². The number of sulfonamides is 1. The smallest absolute Gasteiger partial charge is 0.240 e. The molecule has 8 nitrogen and oxygen atoms in total. The van der Waals surface area contributed by atoms with Crippen LogP contribution in [0.5, 0.6) is 5.75 Å². The lowest BCUT2D eigenvalue weighted by atomic mass is 10.1. The third kappa shape index (κ3) is 5.95. The van der Waals surface area contributed by atoms with Crippen LogP contribution in [-0.2, 0) is 10.0 Å². The second-order valence-corrected chi connectivity index (χ2v) is 9.33. The summed E-state index contributed by atoms with van der Waals surface area (Å²) in [7, 11) is -1.98. The molecule has 0 fully saturated rings. The summed E-state index contributed by atoms with van der Waals surface area (Å²) < 4.78 is 33.2. The van der Waals surface area contributed by atoms with E-state index >= 15 is 0 Å². The van der Waals surface area contributed by atoms with Crippen LogP contribution in [0, 0.1) is 27.7 Å². The molecule has 0 atom stereocenters. The number of aromatic nitrogens is 2. The van der Waals surface area contributed by atoms with Crippen molar-refractivity contribution in [3.8, 4) is 5.75 Å². The zero-order chi connectivity index (χ0) is 23.3. The minimum atomic E-state index is -3.60. The number of methoxy groups -OCH3 is 1. The first-order chi connectivity index (χ1) is 15.2. The number of benzene rings is 2. The normalized spacial score (nSPS) is 11.3. The molecule has 0 aliphatic heterocycles. The highest BCUT2D eigenvalue weighted by molar-refractivity contribution is 7.89. The number of hydrogen-bond acceptors (Lipinski definition) is 7. The highest BCUT2D eigenvalue weighted by atomic mass is 32.2. The second-order valence-electron chi connectivity index (χ2n) is 7.60. The van der Waals surface area contributed by atoms with E-state index in [1.807, 2.05) is 57.2 Å². The number of nitrogens with one attached hydrogen (secondary N) is 3. The molecular formula is C23H29N5O3S. The predicted molar refractivity (Wildman–Crippen MR) is 127 cm³/mol. The lowest BCUT2D eigenvalue weighted by Crippen LogP contribution is -2.29. The zero-order valence-corrected chi connectivity index (χ0v) is 19.8. The van der Waals surface area contributed by atoms with E-state index in [1.165, 1.54) is 0 Å². The van der Waals surface area contributed by atoms with Crippen molar-refractivity contribution in [1.82, 2.24) is 14.7 Å². The Bertz CT molecular complexity index is 1190. The third-order valence-electron chi connectivity index (χ3n) is 5.00. The molecule has 0 amide bonds. The fourth-order valence-electron chi connectivity index (χ4n) is 3.19. The van der Waals surface area contributed by atoms with Gasteiger partial charge in [-0.3, -0.25) is 0 Å². The summed E-state index contributed by atoms with van der Waals surface area (Å²) in [4.78, 5) is 9.13. The van der Waals surface area contributed by atoms with Crippen molar-refractivity contribution in [2.24, 2.45) is 0 Å². The van der Waals surface area contributed by atoms with E-state index in [0.717, 1.165) is 33.8 Å². The van der Waals surface area contributed by atoms with Crippen molar-refractivity contribution in [2.75, 3.05) is 30.8 Å². The summed E-state index contributed by atoms with van der Waals surface area (Å²) in [5.41, 5.74) is 4.39.